The molecule has 0 radical (unpaired) electrons. The number of nitrogens with zero attached hydrogens (tertiary/aromatic N) is 3. The summed E-state index contributed by atoms with van der Waals surface area (Å²) in [6.45, 7) is 4.75. The summed E-state index contributed by atoms with van der Waals surface area (Å²) in [5.74, 6) is -0.393. The number of amides is 2. The van der Waals surface area contributed by atoms with E-state index in [1.165, 1.54) is 56.4 Å². The summed E-state index contributed by atoms with van der Waals surface area (Å²) >= 11 is 6.27. The maximum atomic E-state index is 14.3. The average molecular weight is 661 g/mol. The highest BCUT2D eigenvalue weighted by atomic mass is 35.5. The monoisotopic (exact) mass is 660 g/mol. The van der Waals surface area contributed by atoms with Gasteiger partial charge in [0.05, 0.1) is 29.7 Å². The molecule has 0 aliphatic heterocycles. The Morgan fingerprint density at radius 2 is 1.71 bits per heavy atom. The van der Waals surface area contributed by atoms with Gasteiger partial charge in [-0.05, 0) is 61.7 Å². The van der Waals surface area contributed by atoms with Gasteiger partial charge in [-0.25, -0.2) is 8.42 Å². The number of halogens is 1. The van der Waals surface area contributed by atoms with Crippen LogP contribution in [0, 0.1) is 17.0 Å². The summed E-state index contributed by atoms with van der Waals surface area (Å²) < 4.78 is 39.9. The number of ether oxygens (including phenoxy) is 2. The van der Waals surface area contributed by atoms with Crippen LogP contribution in [-0.2, 0) is 26.2 Å². The van der Waals surface area contributed by atoms with Crippen LogP contribution in [0.5, 0.6) is 11.5 Å². The molecule has 0 heterocycles. The molecule has 1 unspecified atom stereocenters. The molecule has 3 rings (SSSR count). The van der Waals surface area contributed by atoms with Gasteiger partial charge in [0.2, 0.25) is 11.8 Å². The number of benzene rings is 3. The highest BCUT2D eigenvalue weighted by Gasteiger charge is 2.35. The fourth-order valence-corrected chi connectivity index (χ4v) is 6.26. The van der Waals surface area contributed by atoms with Crippen LogP contribution in [0.3, 0.4) is 0 Å². The summed E-state index contributed by atoms with van der Waals surface area (Å²) in [5, 5.41) is 14.7. The van der Waals surface area contributed by atoms with E-state index in [1.807, 2.05) is 6.92 Å². The Balaban J connectivity index is 2.17. The number of nitro benzene ring substituents is 1. The SMILES string of the molecule is CCCNC(=O)C(CC)N(Cc1ccc(OC)cc1)C(=O)CN(c1cc(Cl)ccc1OC)S(=O)(=O)c1ccc(C)c([N+](=O)[O-])c1. The van der Waals surface area contributed by atoms with E-state index < -0.39 is 44.0 Å². The van der Waals surface area contributed by atoms with E-state index >= 15 is 0 Å². The number of anilines is 1. The second-order valence-corrected chi connectivity index (χ2v) is 12.4. The highest BCUT2D eigenvalue weighted by Crippen LogP contribution is 2.36. The Kier molecular flexibility index (Phi) is 12.2. The molecule has 1 N–H and O–H groups in total. The molecule has 1 atom stereocenters. The van der Waals surface area contributed by atoms with E-state index in [-0.39, 0.29) is 40.9 Å². The molecule has 45 heavy (non-hydrogen) atoms. The van der Waals surface area contributed by atoms with E-state index in [1.54, 1.807) is 31.2 Å². The van der Waals surface area contributed by atoms with Crippen molar-refractivity contribution >= 4 is 44.8 Å². The van der Waals surface area contributed by atoms with Crippen molar-refractivity contribution in [2.24, 2.45) is 0 Å². The third-order valence-electron chi connectivity index (χ3n) is 7.10. The fraction of sp³-hybridized carbons (Fsp3) is 0.355. The molecule has 0 aromatic heterocycles. The lowest BCUT2D eigenvalue weighted by molar-refractivity contribution is -0.385. The van der Waals surface area contributed by atoms with Crippen molar-refractivity contribution < 1.29 is 32.4 Å². The Morgan fingerprint density at radius 3 is 2.29 bits per heavy atom. The summed E-state index contributed by atoms with van der Waals surface area (Å²) in [4.78, 5) is 39.4. The molecule has 3 aromatic carbocycles. The standard InChI is InChI=1S/C31H37ClN4O8S/c1-6-16-33-31(38)26(7-2)34(19-22-9-12-24(43-4)13-10-22)30(37)20-35(28-17-23(32)11-15-29(28)44-5)45(41,42)25-14-8-21(3)27(18-25)36(39)40/h8-15,17-18,26H,6-7,16,19-20H2,1-5H3,(H,33,38). The molecule has 0 aliphatic rings. The number of carbonyl (C=O) groups is 2. The maximum absolute atomic E-state index is 14.3. The number of hydrogen-bond acceptors (Lipinski definition) is 8. The van der Waals surface area contributed by atoms with Gasteiger partial charge in [-0.1, -0.05) is 43.6 Å². The lowest BCUT2D eigenvalue weighted by atomic mass is 10.1. The van der Waals surface area contributed by atoms with Crippen molar-refractivity contribution in [2.45, 2.75) is 51.1 Å². The zero-order chi connectivity index (χ0) is 33.3. The summed E-state index contributed by atoms with van der Waals surface area (Å²) in [6, 6.07) is 13.8. The van der Waals surface area contributed by atoms with E-state index in [4.69, 9.17) is 21.1 Å². The lowest BCUT2D eigenvalue weighted by Gasteiger charge is -2.33. The van der Waals surface area contributed by atoms with E-state index in [0.29, 0.717) is 24.3 Å². The van der Waals surface area contributed by atoms with Crippen molar-refractivity contribution in [1.82, 2.24) is 10.2 Å². The number of hydrogen-bond donors (Lipinski definition) is 1. The van der Waals surface area contributed by atoms with Crippen LogP contribution in [0.15, 0.2) is 65.6 Å². The predicted molar refractivity (Wildman–Crippen MR) is 171 cm³/mol. The topological polar surface area (TPSA) is 148 Å². The molecule has 0 fully saturated rings. The molecule has 0 saturated carbocycles. The summed E-state index contributed by atoms with van der Waals surface area (Å²) in [6.07, 6.45) is 0.923. The first-order valence-electron chi connectivity index (χ1n) is 14.2. The maximum Gasteiger partial charge on any atom is 0.273 e. The minimum Gasteiger partial charge on any atom is -0.497 e. The highest BCUT2D eigenvalue weighted by molar-refractivity contribution is 7.92. The molecule has 12 nitrogen and oxygen atoms in total. The number of aryl methyl sites for hydroxylation is 1. The van der Waals surface area contributed by atoms with Gasteiger partial charge in [0.25, 0.3) is 15.7 Å². The zero-order valence-corrected chi connectivity index (χ0v) is 27.4. The van der Waals surface area contributed by atoms with Crippen LogP contribution >= 0.6 is 11.6 Å². The predicted octanol–water partition coefficient (Wildman–Crippen LogP) is 5.10. The van der Waals surface area contributed by atoms with Crippen molar-refractivity contribution in [3.63, 3.8) is 0 Å². The van der Waals surface area contributed by atoms with Gasteiger partial charge in [-0.3, -0.25) is 24.0 Å². The van der Waals surface area contributed by atoms with Gasteiger partial charge in [0.15, 0.2) is 0 Å². The third kappa shape index (κ3) is 8.43. The second kappa shape index (κ2) is 15.6. The molecule has 2 amide bonds. The van der Waals surface area contributed by atoms with Gasteiger partial charge >= 0.3 is 0 Å². The van der Waals surface area contributed by atoms with E-state index in [9.17, 15) is 28.1 Å². The van der Waals surface area contributed by atoms with Gasteiger partial charge < -0.3 is 19.7 Å². The van der Waals surface area contributed by atoms with Crippen molar-refractivity contribution in [1.29, 1.82) is 0 Å². The van der Waals surface area contributed by atoms with Crippen LogP contribution in [0.1, 0.15) is 37.8 Å². The number of methoxy groups -OCH3 is 2. The third-order valence-corrected chi connectivity index (χ3v) is 9.09. The van der Waals surface area contributed by atoms with Crippen LogP contribution in [0.25, 0.3) is 0 Å². The second-order valence-electron chi connectivity index (χ2n) is 10.1. The first kappa shape index (κ1) is 35.1. The molecular formula is C31H37ClN4O8S. The number of nitro groups is 1. The number of rotatable bonds is 15. The smallest absolute Gasteiger partial charge is 0.273 e. The minimum absolute atomic E-state index is 0.0164. The Hall–Kier alpha value is -4.36. The first-order valence-corrected chi connectivity index (χ1v) is 16.0. The molecular weight excluding hydrogens is 624 g/mol. The number of sulfonamides is 1. The van der Waals surface area contributed by atoms with Crippen LogP contribution in [0.2, 0.25) is 5.02 Å². The number of carbonyl (C=O) groups excluding carboxylic acids is 2. The first-order chi connectivity index (χ1) is 21.4. The normalized spacial score (nSPS) is 11.8. The van der Waals surface area contributed by atoms with Crippen molar-refractivity contribution in [3.8, 4) is 11.5 Å². The Labute approximate surface area is 268 Å². The van der Waals surface area contributed by atoms with E-state index in [0.717, 1.165) is 10.4 Å². The quantitative estimate of drug-likeness (QED) is 0.175. The van der Waals surface area contributed by atoms with Gasteiger partial charge in [-0.15, -0.1) is 0 Å². The number of nitrogens with one attached hydrogen (secondary N) is 1. The fourth-order valence-electron chi connectivity index (χ4n) is 4.66. The summed E-state index contributed by atoms with van der Waals surface area (Å²) in [5.41, 5.74) is 0.473. The largest absolute Gasteiger partial charge is 0.497 e. The van der Waals surface area contributed by atoms with Gasteiger partial charge in [-0.2, -0.15) is 0 Å². The van der Waals surface area contributed by atoms with Gasteiger partial charge in [0.1, 0.15) is 24.1 Å². The molecule has 242 valence electrons. The lowest BCUT2D eigenvalue weighted by Crippen LogP contribution is -2.52. The van der Waals surface area contributed by atoms with Crippen molar-refractivity contribution in [3.05, 3.63) is 86.9 Å². The Bertz CT molecular complexity index is 1630. The van der Waals surface area contributed by atoms with Crippen molar-refractivity contribution in [2.75, 3.05) is 31.6 Å². The molecule has 0 aliphatic carbocycles. The Morgan fingerprint density at radius 1 is 1.02 bits per heavy atom. The van der Waals surface area contributed by atoms with Crippen LogP contribution in [0.4, 0.5) is 11.4 Å². The molecule has 3 aromatic rings. The molecule has 0 spiro atoms. The minimum atomic E-state index is -4.63. The molecule has 0 saturated heterocycles. The van der Waals surface area contributed by atoms with Crippen LogP contribution in [-0.4, -0.2) is 63.4 Å². The molecule has 0 bridgehead atoms. The average Bonchev–Trinajstić information content (AvgIpc) is 3.02. The van der Waals surface area contributed by atoms with Gasteiger partial charge in [0, 0.05) is 29.7 Å². The summed E-state index contributed by atoms with van der Waals surface area (Å²) in [7, 11) is -1.77. The van der Waals surface area contributed by atoms with E-state index in [2.05, 4.69) is 5.32 Å². The van der Waals surface area contributed by atoms with Crippen LogP contribution < -0.4 is 19.1 Å². The zero-order valence-electron chi connectivity index (χ0n) is 25.8. The molecule has 14 heteroatoms.